The summed E-state index contributed by atoms with van der Waals surface area (Å²) in [6.45, 7) is 3.63. The van der Waals surface area contributed by atoms with E-state index in [9.17, 15) is 23.2 Å². The van der Waals surface area contributed by atoms with Crippen LogP contribution in [0.3, 0.4) is 0 Å². The van der Waals surface area contributed by atoms with E-state index in [1.54, 1.807) is 35.4 Å². The highest BCUT2D eigenvalue weighted by Crippen LogP contribution is 2.37. The maximum Gasteiger partial charge on any atom is 0.393 e. The quantitative estimate of drug-likeness (QED) is 0.781. The van der Waals surface area contributed by atoms with Crippen molar-refractivity contribution in [1.82, 2.24) is 15.2 Å². The summed E-state index contributed by atoms with van der Waals surface area (Å²) < 4.78 is 41.4. The Labute approximate surface area is 185 Å². The Morgan fingerprint density at radius 3 is 2.84 bits per heavy atom. The van der Waals surface area contributed by atoms with E-state index in [1.807, 2.05) is 6.92 Å². The molecule has 0 bridgehead atoms. The van der Waals surface area contributed by atoms with Crippen LogP contribution in [0.1, 0.15) is 31.7 Å². The van der Waals surface area contributed by atoms with E-state index >= 15 is 0 Å². The van der Waals surface area contributed by atoms with Gasteiger partial charge in [0.25, 0.3) is 0 Å². The third kappa shape index (κ3) is 4.37. The fourth-order valence-electron chi connectivity index (χ4n) is 4.96. The van der Waals surface area contributed by atoms with E-state index in [4.69, 9.17) is 0 Å². The average Bonchev–Trinajstić information content (AvgIpc) is 3.26. The van der Waals surface area contributed by atoms with E-state index in [-0.39, 0.29) is 31.5 Å². The lowest BCUT2D eigenvalue weighted by Crippen LogP contribution is -2.56. The topological polar surface area (TPSA) is 72.3 Å². The van der Waals surface area contributed by atoms with Gasteiger partial charge in [0, 0.05) is 36.4 Å². The summed E-state index contributed by atoms with van der Waals surface area (Å²) in [5.41, 5.74) is 1.43. The molecule has 2 aliphatic heterocycles. The number of halogens is 3. The number of anilines is 1. The minimum absolute atomic E-state index is 0.142. The molecule has 1 N–H and O–H groups in total. The Hall–Kier alpha value is -2.86. The maximum absolute atomic E-state index is 13.8. The van der Waals surface area contributed by atoms with Crippen molar-refractivity contribution in [3.8, 4) is 6.07 Å². The summed E-state index contributed by atoms with van der Waals surface area (Å²) in [5, 5.41) is 12.9. The highest BCUT2D eigenvalue weighted by molar-refractivity contribution is 5.95. The SMILES string of the molecule is CCN1CCC[C@H]1C(=O)NC1CC(C(F)(F)F)CN(c2ccc(C#N)c3ncccc23)C1. The Balaban J connectivity index is 1.62. The molecule has 2 unspecified atom stereocenters. The summed E-state index contributed by atoms with van der Waals surface area (Å²) in [4.78, 5) is 20.9. The van der Waals surface area contributed by atoms with E-state index in [1.165, 1.54) is 0 Å². The van der Waals surface area contributed by atoms with Gasteiger partial charge in [-0.3, -0.25) is 14.7 Å². The zero-order valence-corrected chi connectivity index (χ0v) is 17.9. The molecule has 2 saturated heterocycles. The monoisotopic (exact) mass is 445 g/mol. The number of rotatable bonds is 4. The molecule has 2 fully saturated rings. The van der Waals surface area contributed by atoms with E-state index in [0.717, 1.165) is 25.9 Å². The minimum atomic E-state index is -4.37. The Morgan fingerprint density at radius 2 is 2.12 bits per heavy atom. The summed E-state index contributed by atoms with van der Waals surface area (Å²) >= 11 is 0. The number of aromatic nitrogens is 1. The van der Waals surface area contributed by atoms with Crippen LogP contribution in [0.5, 0.6) is 0 Å². The van der Waals surface area contributed by atoms with Gasteiger partial charge in [0.15, 0.2) is 0 Å². The number of hydrogen-bond acceptors (Lipinski definition) is 5. The van der Waals surface area contributed by atoms with Gasteiger partial charge in [-0.1, -0.05) is 6.92 Å². The lowest BCUT2D eigenvalue weighted by molar-refractivity contribution is -0.178. The van der Waals surface area contributed by atoms with Gasteiger partial charge in [-0.05, 0) is 56.6 Å². The van der Waals surface area contributed by atoms with Crippen molar-refractivity contribution in [3.05, 3.63) is 36.0 Å². The molecule has 3 heterocycles. The van der Waals surface area contributed by atoms with Gasteiger partial charge in [-0.2, -0.15) is 18.4 Å². The lowest BCUT2D eigenvalue weighted by Gasteiger charge is -2.41. The van der Waals surface area contributed by atoms with Crippen LogP contribution >= 0.6 is 0 Å². The van der Waals surface area contributed by atoms with Crippen molar-refractivity contribution >= 4 is 22.5 Å². The van der Waals surface area contributed by atoms with Gasteiger partial charge < -0.3 is 10.2 Å². The van der Waals surface area contributed by atoms with Crippen LogP contribution in [0, 0.1) is 17.2 Å². The zero-order chi connectivity index (χ0) is 22.9. The molecule has 2 aromatic rings. The Kier molecular flexibility index (Phi) is 6.24. The summed E-state index contributed by atoms with van der Waals surface area (Å²) in [6.07, 6.45) is -1.31. The molecule has 1 aromatic heterocycles. The highest BCUT2D eigenvalue weighted by atomic mass is 19.4. The van der Waals surface area contributed by atoms with Crippen molar-refractivity contribution < 1.29 is 18.0 Å². The van der Waals surface area contributed by atoms with Gasteiger partial charge in [0.1, 0.15) is 6.07 Å². The van der Waals surface area contributed by atoms with E-state index in [2.05, 4.69) is 21.3 Å². The molecule has 4 rings (SSSR count). The number of benzene rings is 1. The molecule has 9 heteroatoms. The van der Waals surface area contributed by atoms with Gasteiger partial charge >= 0.3 is 6.18 Å². The highest BCUT2D eigenvalue weighted by Gasteiger charge is 2.45. The first-order valence-electron chi connectivity index (χ1n) is 11.0. The van der Waals surface area contributed by atoms with Gasteiger partial charge in [-0.25, -0.2) is 0 Å². The number of fused-ring (bicyclic) bond motifs is 1. The second kappa shape index (κ2) is 8.94. The van der Waals surface area contributed by atoms with Crippen LogP contribution in [0.4, 0.5) is 18.9 Å². The van der Waals surface area contributed by atoms with Crippen molar-refractivity contribution in [2.24, 2.45) is 5.92 Å². The molecule has 170 valence electrons. The molecule has 0 spiro atoms. The second-order valence-electron chi connectivity index (χ2n) is 8.51. The minimum Gasteiger partial charge on any atom is -0.368 e. The largest absolute Gasteiger partial charge is 0.393 e. The number of hydrogen-bond donors (Lipinski definition) is 1. The van der Waals surface area contributed by atoms with Crippen LogP contribution in [0.2, 0.25) is 0 Å². The van der Waals surface area contributed by atoms with Gasteiger partial charge in [0.2, 0.25) is 5.91 Å². The predicted octanol–water partition coefficient (Wildman–Crippen LogP) is 3.46. The van der Waals surface area contributed by atoms with Crippen LogP contribution < -0.4 is 10.2 Å². The fourth-order valence-corrected chi connectivity index (χ4v) is 4.96. The second-order valence-corrected chi connectivity index (χ2v) is 8.51. The normalized spacial score (nSPS) is 24.5. The van der Waals surface area contributed by atoms with Crippen LogP contribution in [-0.2, 0) is 4.79 Å². The summed E-state index contributed by atoms with van der Waals surface area (Å²) in [5.74, 6) is -1.75. The smallest absolute Gasteiger partial charge is 0.368 e. The number of carbonyl (C=O) groups excluding carboxylic acids is 1. The van der Waals surface area contributed by atoms with Crippen LogP contribution in [-0.4, -0.2) is 60.2 Å². The maximum atomic E-state index is 13.8. The Morgan fingerprint density at radius 1 is 1.31 bits per heavy atom. The third-order valence-corrected chi connectivity index (χ3v) is 6.54. The zero-order valence-electron chi connectivity index (χ0n) is 17.9. The first kappa shape index (κ1) is 22.3. The number of likely N-dealkylation sites (N-methyl/N-ethyl adjacent to an activating group) is 1. The van der Waals surface area contributed by atoms with Gasteiger partial charge in [0.05, 0.1) is 23.0 Å². The number of carbonyl (C=O) groups is 1. The van der Waals surface area contributed by atoms with Crippen LogP contribution in [0.25, 0.3) is 10.9 Å². The number of alkyl halides is 3. The molecular formula is C23H26F3N5O. The first-order valence-corrected chi connectivity index (χ1v) is 11.0. The average molecular weight is 445 g/mol. The number of likely N-dealkylation sites (tertiary alicyclic amines) is 1. The molecule has 1 aromatic carbocycles. The lowest BCUT2D eigenvalue weighted by atomic mass is 9.92. The molecule has 32 heavy (non-hydrogen) atoms. The summed E-state index contributed by atoms with van der Waals surface area (Å²) in [7, 11) is 0. The first-order chi connectivity index (χ1) is 15.3. The van der Waals surface area contributed by atoms with Crippen molar-refractivity contribution in [2.75, 3.05) is 31.1 Å². The standard InChI is InChI=1S/C23H26F3N5O/c1-2-30-10-4-6-20(30)22(32)29-17-11-16(23(24,25)26)13-31(14-17)19-8-7-15(12-27)21-18(19)5-3-9-28-21/h3,5,7-9,16-17,20H,2,4,6,10-11,13-14H2,1H3,(H,29,32)/t16?,17?,20-/m0/s1. The number of pyridine rings is 1. The molecule has 0 aliphatic carbocycles. The summed E-state index contributed by atoms with van der Waals surface area (Å²) in [6, 6.07) is 7.92. The molecule has 3 atom stereocenters. The Bertz CT molecular complexity index is 1030. The van der Waals surface area contributed by atoms with E-state index in [0.29, 0.717) is 22.2 Å². The molecule has 0 radical (unpaired) electrons. The fraction of sp³-hybridized carbons (Fsp3) is 0.522. The van der Waals surface area contributed by atoms with E-state index < -0.39 is 18.1 Å². The predicted molar refractivity (Wildman–Crippen MR) is 115 cm³/mol. The number of nitriles is 1. The third-order valence-electron chi connectivity index (χ3n) is 6.54. The van der Waals surface area contributed by atoms with Crippen molar-refractivity contribution in [2.45, 2.75) is 44.4 Å². The molecule has 2 aliphatic rings. The molecular weight excluding hydrogens is 419 g/mol. The van der Waals surface area contributed by atoms with Crippen LogP contribution in [0.15, 0.2) is 30.5 Å². The number of nitrogens with zero attached hydrogens (tertiary/aromatic N) is 4. The molecule has 6 nitrogen and oxygen atoms in total. The molecule has 1 amide bonds. The van der Waals surface area contributed by atoms with Gasteiger partial charge in [-0.15, -0.1) is 0 Å². The van der Waals surface area contributed by atoms with Crippen molar-refractivity contribution in [3.63, 3.8) is 0 Å². The van der Waals surface area contributed by atoms with Crippen molar-refractivity contribution in [1.29, 1.82) is 5.26 Å². The molecule has 0 saturated carbocycles. The number of piperidine rings is 1. The number of nitrogens with one attached hydrogen (secondary N) is 1. The number of amides is 1.